The Kier molecular flexibility index (Phi) is 9.13. The highest BCUT2D eigenvalue weighted by atomic mass is 79.9. The number of hydrogen-bond donors (Lipinski definition) is 0. The van der Waals surface area contributed by atoms with Crippen molar-refractivity contribution in [2.75, 3.05) is 7.11 Å². The van der Waals surface area contributed by atoms with Gasteiger partial charge in [-0.15, -0.1) is 0 Å². The van der Waals surface area contributed by atoms with Crippen LogP contribution in [0.2, 0.25) is 15.1 Å². The Morgan fingerprint density at radius 3 is 2.62 bits per heavy atom. The summed E-state index contributed by atoms with van der Waals surface area (Å²) in [5, 5.41) is 6.32. The van der Waals surface area contributed by atoms with Gasteiger partial charge < -0.3 is 9.47 Å². The summed E-state index contributed by atoms with van der Waals surface area (Å²) < 4.78 is 13.6. The van der Waals surface area contributed by atoms with Gasteiger partial charge in [-0.25, -0.2) is 4.98 Å². The lowest BCUT2D eigenvalue weighted by Crippen LogP contribution is -2.22. The summed E-state index contributed by atoms with van der Waals surface area (Å²) in [5.41, 5.74) is 1.77. The van der Waals surface area contributed by atoms with Crippen LogP contribution < -0.4 is 15.0 Å². The van der Waals surface area contributed by atoms with Crippen LogP contribution in [0.1, 0.15) is 36.7 Å². The van der Waals surface area contributed by atoms with E-state index in [1.165, 1.54) is 11.8 Å². The molecule has 0 radical (unpaired) electrons. The quantitative estimate of drug-likeness (QED) is 0.178. The van der Waals surface area contributed by atoms with Crippen molar-refractivity contribution in [3.63, 3.8) is 0 Å². The molecule has 0 aliphatic carbocycles. The maximum Gasteiger partial charge on any atom is 0.282 e. The van der Waals surface area contributed by atoms with Crippen molar-refractivity contribution in [3.8, 4) is 11.5 Å². The molecule has 4 rings (SSSR count). The van der Waals surface area contributed by atoms with E-state index in [1.807, 2.05) is 12.1 Å². The van der Waals surface area contributed by atoms with Crippen LogP contribution in [0.3, 0.4) is 0 Å². The molecule has 0 bridgehead atoms. The van der Waals surface area contributed by atoms with Gasteiger partial charge in [0.05, 0.1) is 29.2 Å². The highest BCUT2D eigenvalue weighted by Crippen LogP contribution is 2.37. The molecule has 0 spiro atoms. The van der Waals surface area contributed by atoms with Gasteiger partial charge >= 0.3 is 0 Å². The fourth-order valence-electron chi connectivity index (χ4n) is 3.68. The van der Waals surface area contributed by atoms with E-state index in [-0.39, 0.29) is 12.2 Å². The van der Waals surface area contributed by atoms with Gasteiger partial charge in [0.2, 0.25) is 0 Å². The molecule has 37 heavy (non-hydrogen) atoms. The number of nitrogens with zero attached hydrogens (tertiary/aromatic N) is 3. The Bertz CT molecular complexity index is 1540. The molecule has 0 N–H and O–H groups in total. The molecule has 10 heteroatoms. The molecule has 0 unspecified atom stereocenters. The zero-order valence-corrected chi connectivity index (χ0v) is 24.0. The van der Waals surface area contributed by atoms with Gasteiger partial charge in [-0.3, -0.25) is 4.79 Å². The van der Waals surface area contributed by atoms with Crippen molar-refractivity contribution in [2.45, 2.75) is 32.8 Å². The fourth-order valence-corrected chi connectivity index (χ4v) is 4.78. The lowest BCUT2D eigenvalue weighted by atomic mass is 10.2. The number of ether oxygens (including phenoxy) is 2. The number of fused-ring (bicyclic) bond motifs is 1. The standard InChI is InChI=1S/C27H23BrCl3N3O3/c1-3-4-5-25-33-23-9-7-18(28)12-20(23)27(35)34(25)32-14-16-10-22(31)26(24(11-16)36-2)37-15-17-6-8-19(29)13-21(17)30/h6-14H,3-5,15H2,1-2H3. The maximum absolute atomic E-state index is 13.3. The van der Waals surface area contributed by atoms with E-state index in [0.29, 0.717) is 55.3 Å². The first-order valence-corrected chi connectivity index (χ1v) is 13.4. The Hall–Kier alpha value is -2.58. The van der Waals surface area contributed by atoms with Crippen LogP contribution in [0, 0.1) is 0 Å². The number of benzene rings is 3. The second-order valence-electron chi connectivity index (χ2n) is 8.21. The molecule has 0 aliphatic rings. The minimum atomic E-state index is -0.244. The van der Waals surface area contributed by atoms with E-state index in [2.05, 4.69) is 28.0 Å². The smallest absolute Gasteiger partial charge is 0.282 e. The van der Waals surface area contributed by atoms with Crippen molar-refractivity contribution in [3.05, 3.63) is 95.4 Å². The molecule has 6 nitrogen and oxygen atoms in total. The minimum Gasteiger partial charge on any atom is -0.493 e. The van der Waals surface area contributed by atoms with Crippen molar-refractivity contribution in [1.82, 2.24) is 9.66 Å². The molecular formula is C27H23BrCl3N3O3. The lowest BCUT2D eigenvalue weighted by molar-refractivity contribution is 0.285. The molecule has 3 aromatic carbocycles. The van der Waals surface area contributed by atoms with Gasteiger partial charge in [0.25, 0.3) is 5.56 Å². The third kappa shape index (κ3) is 6.47. The molecule has 0 fully saturated rings. The Morgan fingerprint density at radius 1 is 1.08 bits per heavy atom. The Labute approximate surface area is 237 Å². The zero-order chi connectivity index (χ0) is 26.5. The molecule has 0 saturated carbocycles. The van der Waals surface area contributed by atoms with Crippen molar-refractivity contribution in [2.24, 2.45) is 5.10 Å². The molecule has 0 saturated heterocycles. The van der Waals surface area contributed by atoms with Gasteiger partial charge in [0, 0.05) is 26.5 Å². The first kappa shape index (κ1) is 27.5. The predicted octanol–water partition coefficient (Wildman–Crippen LogP) is 7.93. The van der Waals surface area contributed by atoms with Crippen molar-refractivity contribution in [1.29, 1.82) is 0 Å². The number of unbranched alkanes of at least 4 members (excludes halogenated alkanes) is 1. The Morgan fingerprint density at radius 2 is 1.89 bits per heavy atom. The van der Waals surface area contributed by atoms with Gasteiger partial charge in [0.15, 0.2) is 11.5 Å². The van der Waals surface area contributed by atoms with E-state index < -0.39 is 0 Å². The van der Waals surface area contributed by atoms with E-state index >= 15 is 0 Å². The summed E-state index contributed by atoms with van der Waals surface area (Å²) in [4.78, 5) is 18.0. The molecule has 0 amide bonds. The molecular weight excluding hydrogens is 601 g/mol. The fraction of sp³-hybridized carbons (Fsp3) is 0.222. The van der Waals surface area contributed by atoms with Gasteiger partial charge in [0.1, 0.15) is 12.4 Å². The number of rotatable bonds is 9. The maximum atomic E-state index is 13.3. The Balaban J connectivity index is 1.67. The number of aryl methyl sites for hydroxylation is 1. The van der Waals surface area contributed by atoms with Crippen molar-refractivity contribution >= 4 is 67.9 Å². The van der Waals surface area contributed by atoms with E-state index in [0.717, 1.165) is 22.9 Å². The van der Waals surface area contributed by atoms with Crippen LogP contribution in [0.15, 0.2) is 62.9 Å². The largest absolute Gasteiger partial charge is 0.493 e. The third-order valence-corrected chi connectivity index (χ3v) is 6.95. The molecule has 192 valence electrons. The van der Waals surface area contributed by atoms with Crippen LogP contribution >= 0.6 is 50.7 Å². The van der Waals surface area contributed by atoms with Crippen LogP contribution in [0.4, 0.5) is 0 Å². The minimum absolute atomic E-state index is 0.175. The van der Waals surface area contributed by atoms with E-state index in [4.69, 9.17) is 49.3 Å². The third-order valence-electron chi connectivity index (χ3n) is 5.59. The van der Waals surface area contributed by atoms with Gasteiger partial charge in [-0.05, 0) is 54.4 Å². The van der Waals surface area contributed by atoms with Crippen LogP contribution in [-0.4, -0.2) is 23.0 Å². The summed E-state index contributed by atoms with van der Waals surface area (Å²) in [6.45, 7) is 2.26. The first-order valence-electron chi connectivity index (χ1n) is 11.5. The van der Waals surface area contributed by atoms with E-state index in [9.17, 15) is 4.79 Å². The second kappa shape index (κ2) is 12.3. The predicted molar refractivity (Wildman–Crippen MR) is 154 cm³/mol. The van der Waals surface area contributed by atoms with Gasteiger partial charge in [-0.2, -0.15) is 9.78 Å². The molecule has 4 aromatic rings. The highest BCUT2D eigenvalue weighted by molar-refractivity contribution is 9.10. The van der Waals surface area contributed by atoms with Crippen LogP contribution in [0.25, 0.3) is 10.9 Å². The number of methoxy groups -OCH3 is 1. The topological polar surface area (TPSA) is 65.7 Å². The number of halogens is 4. The second-order valence-corrected chi connectivity index (χ2v) is 10.4. The molecule has 1 heterocycles. The first-order chi connectivity index (χ1) is 17.8. The summed E-state index contributed by atoms with van der Waals surface area (Å²) in [5.74, 6) is 1.37. The average molecular weight is 624 g/mol. The van der Waals surface area contributed by atoms with Crippen LogP contribution in [0.5, 0.6) is 11.5 Å². The average Bonchev–Trinajstić information content (AvgIpc) is 2.87. The molecule has 0 aliphatic heterocycles. The van der Waals surface area contributed by atoms with Gasteiger partial charge in [-0.1, -0.05) is 70.1 Å². The highest BCUT2D eigenvalue weighted by Gasteiger charge is 2.14. The lowest BCUT2D eigenvalue weighted by Gasteiger charge is -2.14. The zero-order valence-electron chi connectivity index (χ0n) is 20.1. The number of hydrogen-bond acceptors (Lipinski definition) is 5. The summed E-state index contributed by atoms with van der Waals surface area (Å²) in [6, 6.07) is 14.0. The summed E-state index contributed by atoms with van der Waals surface area (Å²) in [7, 11) is 1.52. The van der Waals surface area contributed by atoms with Crippen molar-refractivity contribution < 1.29 is 9.47 Å². The number of aromatic nitrogens is 2. The summed E-state index contributed by atoms with van der Waals surface area (Å²) in [6.07, 6.45) is 4.02. The monoisotopic (exact) mass is 621 g/mol. The molecule has 0 atom stereocenters. The summed E-state index contributed by atoms with van der Waals surface area (Å²) >= 11 is 22.2. The normalized spacial score (nSPS) is 11.4. The van der Waals surface area contributed by atoms with Crippen LogP contribution in [-0.2, 0) is 13.0 Å². The van der Waals surface area contributed by atoms with E-state index in [1.54, 1.807) is 42.6 Å². The SMILES string of the molecule is CCCCc1nc2ccc(Br)cc2c(=O)n1N=Cc1cc(Cl)c(OCc2ccc(Cl)cc2Cl)c(OC)c1. The molecule has 1 aromatic heterocycles.